The maximum Gasteiger partial charge on any atom is 0.246 e. The van der Waals surface area contributed by atoms with Crippen LogP contribution in [0.1, 0.15) is 55.7 Å². The number of hydrogen-bond donors (Lipinski definition) is 3. The van der Waals surface area contributed by atoms with Crippen LogP contribution >= 0.6 is 0 Å². The van der Waals surface area contributed by atoms with Gasteiger partial charge in [-0.2, -0.15) is 0 Å². The van der Waals surface area contributed by atoms with Crippen molar-refractivity contribution < 1.29 is 14.4 Å². The lowest BCUT2D eigenvalue weighted by atomic mass is 9.95. The highest BCUT2D eigenvalue weighted by molar-refractivity contribution is 6.23. The molecule has 2 aromatic rings. The quantitative estimate of drug-likeness (QED) is 0.564. The van der Waals surface area contributed by atoms with Gasteiger partial charge in [-0.15, -0.1) is 0 Å². The third kappa shape index (κ3) is 5.33. The third-order valence-corrected chi connectivity index (χ3v) is 6.92. The minimum atomic E-state index is -0.691. The minimum absolute atomic E-state index is 0.0187. The van der Waals surface area contributed by atoms with Gasteiger partial charge < -0.3 is 21.3 Å². The summed E-state index contributed by atoms with van der Waals surface area (Å²) >= 11 is 0. The molecule has 0 unspecified atom stereocenters. The Bertz CT molecular complexity index is 962. The SMILES string of the molecule is B[C@@H](N)C(=O)N[C@H]1CCCC[C@H]2CC[C@@H](C(=O)NC(c3ccccc3)c3ccccc3)N2C1=O. The second-order valence-corrected chi connectivity index (χ2v) is 9.39. The molecule has 34 heavy (non-hydrogen) atoms. The standard InChI is InChI=1S/C26H33BN4O3/c27-23(28)25(33)29-20-14-8-7-13-19-15-16-21(31(19)26(20)34)24(32)30-22(17-9-3-1-4-10-17)18-11-5-2-6-12-18/h1-6,9-12,19-23H,7-8,13-16,27-28H2,(H,29,33)(H,30,32)/t19-,20-,21-,23-/m0/s1. The summed E-state index contributed by atoms with van der Waals surface area (Å²) in [5.74, 6) is -1.37. The molecule has 2 aromatic carbocycles. The summed E-state index contributed by atoms with van der Waals surface area (Å²) in [5, 5.41) is 6.03. The summed E-state index contributed by atoms with van der Waals surface area (Å²) in [6.07, 6.45) is 4.67. The van der Waals surface area contributed by atoms with Crippen LogP contribution < -0.4 is 16.4 Å². The third-order valence-electron chi connectivity index (χ3n) is 6.92. The van der Waals surface area contributed by atoms with E-state index in [4.69, 9.17) is 5.73 Å². The fraction of sp³-hybridized carbons (Fsp3) is 0.423. The molecule has 0 radical (unpaired) electrons. The molecular formula is C26H33BN4O3. The fourth-order valence-corrected chi connectivity index (χ4v) is 5.11. The molecule has 178 valence electrons. The molecule has 2 saturated heterocycles. The van der Waals surface area contributed by atoms with Gasteiger partial charge in [-0.1, -0.05) is 73.5 Å². The first-order chi connectivity index (χ1) is 16.5. The lowest BCUT2D eigenvalue weighted by Gasteiger charge is -2.36. The molecule has 0 bridgehead atoms. The maximum absolute atomic E-state index is 13.6. The molecule has 0 spiro atoms. The molecule has 2 heterocycles. The van der Waals surface area contributed by atoms with Crippen molar-refractivity contribution in [2.45, 2.75) is 68.6 Å². The molecule has 8 heteroatoms. The zero-order valence-electron chi connectivity index (χ0n) is 19.7. The van der Waals surface area contributed by atoms with E-state index in [-0.39, 0.29) is 29.8 Å². The first kappa shape index (κ1) is 24.0. The van der Waals surface area contributed by atoms with Crippen molar-refractivity contribution in [1.29, 1.82) is 0 Å². The second-order valence-electron chi connectivity index (χ2n) is 9.39. The Hall–Kier alpha value is -3.13. The number of carbonyl (C=O) groups is 3. The number of rotatable bonds is 6. The van der Waals surface area contributed by atoms with Crippen LogP contribution in [0.15, 0.2) is 60.7 Å². The summed E-state index contributed by atoms with van der Waals surface area (Å²) in [4.78, 5) is 41.2. The molecule has 4 atom stereocenters. The summed E-state index contributed by atoms with van der Waals surface area (Å²) in [6.45, 7) is 0. The van der Waals surface area contributed by atoms with Crippen LogP contribution in [0.3, 0.4) is 0 Å². The number of nitrogens with zero attached hydrogens (tertiary/aromatic N) is 1. The minimum Gasteiger partial charge on any atom is -0.344 e. The highest BCUT2D eigenvalue weighted by atomic mass is 16.2. The first-order valence-corrected chi connectivity index (χ1v) is 12.2. The van der Waals surface area contributed by atoms with E-state index in [1.54, 1.807) is 12.7 Å². The van der Waals surface area contributed by atoms with Gasteiger partial charge in [-0.3, -0.25) is 14.4 Å². The Morgan fingerprint density at radius 3 is 2.09 bits per heavy atom. The first-order valence-electron chi connectivity index (χ1n) is 12.2. The predicted octanol–water partition coefficient (Wildman–Crippen LogP) is 1.23. The van der Waals surface area contributed by atoms with Gasteiger partial charge in [0.25, 0.3) is 0 Å². The molecule has 7 nitrogen and oxygen atoms in total. The van der Waals surface area contributed by atoms with Crippen LogP contribution in [0.5, 0.6) is 0 Å². The smallest absolute Gasteiger partial charge is 0.246 e. The number of benzene rings is 2. The molecule has 0 aliphatic carbocycles. The molecule has 0 saturated carbocycles. The van der Waals surface area contributed by atoms with Gasteiger partial charge in [0.15, 0.2) is 0 Å². The number of amides is 3. The number of nitrogens with two attached hydrogens (primary N) is 1. The van der Waals surface area contributed by atoms with E-state index in [2.05, 4.69) is 10.6 Å². The maximum atomic E-state index is 13.6. The van der Waals surface area contributed by atoms with E-state index >= 15 is 0 Å². The number of hydrogen-bond acceptors (Lipinski definition) is 4. The molecule has 2 fully saturated rings. The van der Waals surface area contributed by atoms with Gasteiger partial charge >= 0.3 is 0 Å². The number of fused-ring (bicyclic) bond motifs is 1. The van der Waals surface area contributed by atoms with Gasteiger partial charge in [-0.05, 0) is 36.8 Å². The van der Waals surface area contributed by atoms with Crippen molar-refractivity contribution in [2.75, 3.05) is 0 Å². The van der Waals surface area contributed by atoms with Crippen LogP contribution in [0, 0.1) is 0 Å². The van der Waals surface area contributed by atoms with E-state index in [9.17, 15) is 14.4 Å². The second kappa shape index (κ2) is 10.9. The van der Waals surface area contributed by atoms with Crippen LogP contribution in [0.2, 0.25) is 0 Å². The Balaban J connectivity index is 1.57. The highest BCUT2D eigenvalue weighted by Gasteiger charge is 2.44. The van der Waals surface area contributed by atoms with Crippen LogP contribution in [-0.2, 0) is 14.4 Å². The molecule has 2 aliphatic heterocycles. The largest absolute Gasteiger partial charge is 0.344 e. The molecule has 2 aliphatic rings. The van der Waals surface area contributed by atoms with Crippen LogP contribution in [-0.4, -0.2) is 54.5 Å². The lowest BCUT2D eigenvalue weighted by molar-refractivity contribution is -0.144. The summed E-state index contributed by atoms with van der Waals surface area (Å²) in [5.41, 5.74) is 7.68. The zero-order valence-corrected chi connectivity index (χ0v) is 19.7. The van der Waals surface area contributed by atoms with Gasteiger partial charge in [-0.25, -0.2) is 0 Å². The molecule has 4 N–H and O–H groups in total. The predicted molar refractivity (Wildman–Crippen MR) is 133 cm³/mol. The Morgan fingerprint density at radius 2 is 1.50 bits per heavy atom. The molecule has 0 aromatic heterocycles. The average Bonchev–Trinajstić information content (AvgIpc) is 3.27. The van der Waals surface area contributed by atoms with Gasteiger partial charge in [0.05, 0.1) is 12.0 Å². The van der Waals surface area contributed by atoms with E-state index < -0.39 is 18.0 Å². The number of carbonyl (C=O) groups excluding carboxylic acids is 3. The fourth-order valence-electron chi connectivity index (χ4n) is 5.11. The lowest BCUT2D eigenvalue weighted by Crippen LogP contribution is -2.58. The van der Waals surface area contributed by atoms with Gasteiger partial charge in [0.2, 0.25) is 17.7 Å². The Kier molecular flexibility index (Phi) is 7.68. The van der Waals surface area contributed by atoms with Gasteiger partial charge in [0, 0.05) is 6.04 Å². The van der Waals surface area contributed by atoms with E-state index in [0.29, 0.717) is 12.8 Å². The number of nitrogens with one attached hydrogen (secondary N) is 2. The molecule has 3 amide bonds. The molecular weight excluding hydrogens is 427 g/mol. The summed E-state index contributed by atoms with van der Waals surface area (Å²) in [6, 6.07) is 18.2. The van der Waals surface area contributed by atoms with Crippen molar-refractivity contribution >= 4 is 25.6 Å². The van der Waals surface area contributed by atoms with Crippen molar-refractivity contribution in [1.82, 2.24) is 15.5 Å². The van der Waals surface area contributed by atoms with E-state index in [1.165, 1.54) is 0 Å². The zero-order chi connectivity index (χ0) is 24.1. The van der Waals surface area contributed by atoms with Crippen molar-refractivity contribution in [3.63, 3.8) is 0 Å². The highest BCUT2D eigenvalue weighted by Crippen LogP contribution is 2.32. The normalized spacial score (nSPS) is 23.5. The van der Waals surface area contributed by atoms with Gasteiger partial charge in [0.1, 0.15) is 19.9 Å². The average molecular weight is 460 g/mol. The van der Waals surface area contributed by atoms with E-state index in [1.807, 2.05) is 60.7 Å². The topological polar surface area (TPSA) is 105 Å². The van der Waals surface area contributed by atoms with Crippen molar-refractivity contribution in [3.05, 3.63) is 71.8 Å². The Labute approximate surface area is 201 Å². The van der Waals surface area contributed by atoms with Crippen LogP contribution in [0.25, 0.3) is 0 Å². The summed E-state index contributed by atoms with van der Waals surface area (Å²) in [7, 11) is 1.60. The van der Waals surface area contributed by atoms with Crippen LogP contribution in [0.4, 0.5) is 0 Å². The van der Waals surface area contributed by atoms with Crippen molar-refractivity contribution in [2.24, 2.45) is 5.73 Å². The Morgan fingerprint density at radius 1 is 0.912 bits per heavy atom. The summed E-state index contributed by atoms with van der Waals surface area (Å²) < 4.78 is 0. The van der Waals surface area contributed by atoms with E-state index in [0.717, 1.165) is 36.8 Å². The van der Waals surface area contributed by atoms with Crippen molar-refractivity contribution in [3.8, 4) is 0 Å². The monoisotopic (exact) mass is 460 g/mol. The molecule has 4 rings (SSSR count).